The normalized spacial score (nSPS) is 10.0. The predicted octanol–water partition coefficient (Wildman–Crippen LogP) is 3.35. The quantitative estimate of drug-likeness (QED) is 0.487. The van der Waals surface area contributed by atoms with Gasteiger partial charge in [0.25, 0.3) is 11.8 Å². The SMILES string of the molecule is CNC(=O)c1cccc(NC(=O)CNc2cccc(NC(=O)c3ccccc3)c2)c1. The summed E-state index contributed by atoms with van der Waals surface area (Å²) in [5, 5.41) is 11.1. The van der Waals surface area contributed by atoms with E-state index >= 15 is 0 Å². The van der Waals surface area contributed by atoms with E-state index in [1.165, 1.54) is 0 Å². The summed E-state index contributed by atoms with van der Waals surface area (Å²) in [5.74, 6) is -0.692. The third-order valence-electron chi connectivity index (χ3n) is 4.25. The van der Waals surface area contributed by atoms with Gasteiger partial charge in [0.05, 0.1) is 6.54 Å². The summed E-state index contributed by atoms with van der Waals surface area (Å²) >= 11 is 0. The first-order valence-corrected chi connectivity index (χ1v) is 9.37. The van der Waals surface area contributed by atoms with Crippen molar-refractivity contribution in [2.75, 3.05) is 29.5 Å². The summed E-state index contributed by atoms with van der Waals surface area (Å²) in [5.41, 5.74) is 2.87. The molecule has 0 radical (unpaired) electrons. The van der Waals surface area contributed by atoms with E-state index in [-0.39, 0.29) is 24.3 Å². The lowest BCUT2D eigenvalue weighted by atomic mass is 10.2. The Morgan fingerprint density at radius 3 is 2.03 bits per heavy atom. The maximum atomic E-state index is 12.3. The number of anilines is 3. The first-order chi connectivity index (χ1) is 14.5. The van der Waals surface area contributed by atoms with E-state index < -0.39 is 0 Å². The van der Waals surface area contributed by atoms with Gasteiger partial charge < -0.3 is 21.3 Å². The van der Waals surface area contributed by atoms with Crippen molar-refractivity contribution >= 4 is 34.8 Å². The van der Waals surface area contributed by atoms with Crippen molar-refractivity contribution in [3.63, 3.8) is 0 Å². The second kappa shape index (κ2) is 9.88. The van der Waals surface area contributed by atoms with Crippen molar-refractivity contribution in [3.8, 4) is 0 Å². The number of benzene rings is 3. The van der Waals surface area contributed by atoms with Crippen LogP contribution in [-0.2, 0) is 4.79 Å². The number of hydrogen-bond donors (Lipinski definition) is 4. The van der Waals surface area contributed by atoms with Crippen molar-refractivity contribution in [2.24, 2.45) is 0 Å². The van der Waals surface area contributed by atoms with Crippen LogP contribution in [0.15, 0.2) is 78.9 Å². The van der Waals surface area contributed by atoms with Gasteiger partial charge in [0.15, 0.2) is 0 Å². The first-order valence-electron chi connectivity index (χ1n) is 9.37. The van der Waals surface area contributed by atoms with Crippen LogP contribution in [0.5, 0.6) is 0 Å². The van der Waals surface area contributed by atoms with Gasteiger partial charge in [0.1, 0.15) is 0 Å². The highest BCUT2D eigenvalue weighted by atomic mass is 16.2. The highest BCUT2D eigenvalue weighted by Gasteiger charge is 2.08. The smallest absolute Gasteiger partial charge is 0.255 e. The fraction of sp³-hybridized carbons (Fsp3) is 0.0870. The molecule has 3 rings (SSSR count). The Bertz CT molecular complexity index is 1050. The standard InChI is InChI=1S/C23H22N4O3/c1-24-22(29)17-9-5-11-19(13-17)26-21(28)15-25-18-10-6-12-20(14-18)27-23(30)16-7-3-2-4-8-16/h2-14,25H,15H2,1H3,(H,24,29)(H,26,28)(H,27,30). The van der Waals surface area contributed by atoms with E-state index in [1.54, 1.807) is 79.8 Å². The lowest BCUT2D eigenvalue weighted by Gasteiger charge is -2.11. The van der Waals surface area contributed by atoms with Crippen LogP contribution < -0.4 is 21.3 Å². The van der Waals surface area contributed by atoms with Crippen molar-refractivity contribution < 1.29 is 14.4 Å². The van der Waals surface area contributed by atoms with E-state index in [0.717, 1.165) is 0 Å². The average Bonchev–Trinajstić information content (AvgIpc) is 2.78. The molecule has 0 aromatic heterocycles. The highest BCUT2D eigenvalue weighted by molar-refractivity contribution is 6.04. The molecule has 0 atom stereocenters. The van der Waals surface area contributed by atoms with Crippen LogP contribution in [-0.4, -0.2) is 31.3 Å². The first kappa shape index (κ1) is 20.6. The molecule has 7 heteroatoms. The third-order valence-corrected chi connectivity index (χ3v) is 4.25. The number of rotatable bonds is 7. The molecule has 0 spiro atoms. The van der Waals surface area contributed by atoms with Crippen LogP contribution in [0.1, 0.15) is 20.7 Å². The van der Waals surface area contributed by atoms with Gasteiger partial charge in [-0.3, -0.25) is 14.4 Å². The summed E-state index contributed by atoms with van der Waals surface area (Å²) in [6, 6.07) is 22.7. The van der Waals surface area contributed by atoms with Gasteiger partial charge >= 0.3 is 0 Å². The minimum atomic E-state index is -0.261. The molecule has 0 aliphatic rings. The van der Waals surface area contributed by atoms with E-state index in [2.05, 4.69) is 21.3 Å². The van der Waals surface area contributed by atoms with Crippen LogP contribution >= 0.6 is 0 Å². The van der Waals surface area contributed by atoms with Crippen molar-refractivity contribution in [2.45, 2.75) is 0 Å². The van der Waals surface area contributed by atoms with E-state index in [1.807, 2.05) is 6.07 Å². The molecule has 3 aromatic carbocycles. The molecule has 152 valence electrons. The summed E-state index contributed by atoms with van der Waals surface area (Å²) in [6.45, 7) is 0.0281. The van der Waals surface area contributed by atoms with Gasteiger partial charge in [0.2, 0.25) is 5.91 Å². The Balaban J connectivity index is 1.56. The molecule has 0 saturated carbocycles. The molecule has 0 aliphatic heterocycles. The molecule has 0 saturated heterocycles. The molecule has 0 heterocycles. The van der Waals surface area contributed by atoms with Gasteiger partial charge in [-0.25, -0.2) is 0 Å². The van der Waals surface area contributed by atoms with E-state index in [9.17, 15) is 14.4 Å². The van der Waals surface area contributed by atoms with Gasteiger partial charge in [-0.15, -0.1) is 0 Å². The summed E-state index contributed by atoms with van der Waals surface area (Å²) in [4.78, 5) is 36.2. The molecule has 4 N–H and O–H groups in total. The Morgan fingerprint density at radius 2 is 1.30 bits per heavy atom. The molecular formula is C23H22N4O3. The zero-order valence-corrected chi connectivity index (χ0v) is 16.4. The van der Waals surface area contributed by atoms with Gasteiger partial charge in [-0.1, -0.05) is 30.3 Å². The average molecular weight is 402 g/mol. The molecule has 7 nitrogen and oxygen atoms in total. The minimum Gasteiger partial charge on any atom is -0.376 e. The maximum absolute atomic E-state index is 12.3. The Morgan fingerprint density at radius 1 is 0.667 bits per heavy atom. The van der Waals surface area contributed by atoms with Crippen LogP contribution in [0.4, 0.5) is 17.1 Å². The molecule has 3 amide bonds. The molecule has 3 aromatic rings. The number of carbonyl (C=O) groups excluding carboxylic acids is 3. The molecule has 30 heavy (non-hydrogen) atoms. The van der Waals surface area contributed by atoms with Crippen molar-refractivity contribution in [3.05, 3.63) is 90.0 Å². The molecule has 0 aliphatic carbocycles. The number of carbonyl (C=O) groups is 3. The monoisotopic (exact) mass is 402 g/mol. The number of nitrogens with one attached hydrogen (secondary N) is 4. The predicted molar refractivity (Wildman–Crippen MR) is 118 cm³/mol. The van der Waals surface area contributed by atoms with Crippen LogP contribution in [0, 0.1) is 0 Å². The molecular weight excluding hydrogens is 380 g/mol. The number of hydrogen-bond acceptors (Lipinski definition) is 4. The Labute approximate surface area is 174 Å². The minimum absolute atomic E-state index is 0.0281. The van der Waals surface area contributed by atoms with Crippen molar-refractivity contribution in [1.82, 2.24) is 5.32 Å². The van der Waals surface area contributed by atoms with Crippen LogP contribution in [0.2, 0.25) is 0 Å². The molecule has 0 unspecified atom stereocenters. The fourth-order valence-electron chi connectivity index (χ4n) is 2.77. The molecule has 0 fully saturated rings. The number of amides is 3. The largest absolute Gasteiger partial charge is 0.376 e. The zero-order chi connectivity index (χ0) is 21.3. The van der Waals surface area contributed by atoms with Crippen LogP contribution in [0.25, 0.3) is 0 Å². The summed E-state index contributed by atoms with van der Waals surface area (Å²) in [6.07, 6.45) is 0. The lowest BCUT2D eigenvalue weighted by Crippen LogP contribution is -2.22. The summed E-state index contributed by atoms with van der Waals surface area (Å²) < 4.78 is 0. The topological polar surface area (TPSA) is 99.3 Å². The second-order valence-corrected chi connectivity index (χ2v) is 6.46. The Kier molecular flexibility index (Phi) is 6.78. The highest BCUT2D eigenvalue weighted by Crippen LogP contribution is 2.16. The third kappa shape index (κ3) is 5.68. The Hall–Kier alpha value is -4.13. The van der Waals surface area contributed by atoms with Gasteiger partial charge in [-0.05, 0) is 48.5 Å². The van der Waals surface area contributed by atoms with Gasteiger partial charge in [0, 0.05) is 35.2 Å². The van der Waals surface area contributed by atoms with Crippen LogP contribution in [0.3, 0.4) is 0 Å². The summed E-state index contributed by atoms with van der Waals surface area (Å²) in [7, 11) is 1.55. The zero-order valence-electron chi connectivity index (χ0n) is 16.4. The fourth-order valence-corrected chi connectivity index (χ4v) is 2.77. The van der Waals surface area contributed by atoms with E-state index in [4.69, 9.17) is 0 Å². The van der Waals surface area contributed by atoms with E-state index in [0.29, 0.717) is 28.2 Å². The van der Waals surface area contributed by atoms with Crippen molar-refractivity contribution in [1.29, 1.82) is 0 Å². The van der Waals surface area contributed by atoms with Gasteiger partial charge in [-0.2, -0.15) is 0 Å². The maximum Gasteiger partial charge on any atom is 0.255 e. The molecule has 0 bridgehead atoms. The second-order valence-electron chi connectivity index (χ2n) is 6.46. The lowest BCUT2D eigenvalue weighted by molar-refractivity contribution is -0.114.